The van der Waals surface area contributed by atoms with Gasteiger partial charge in [-0.15, -0.1) is 0 Å². The first-order valence-corrected chi connectivity index (χ1v) is 10.1. The van der Waals surface area contributed by atoms with Gasteiger partial charge in [-0.05, 0) is 63.5 Å². The Balaban J connectivity index is 1.97. The van der Waals surface area contributed by atoms with Crippen molar-refractivity contribution < 1.29 is 4.79 Å². The molecule has 1 nitrogen and oxygen atoms in total. The van der Waals surface area contributed by atoms with Crippen LogP contribution in [0.5, 0.6) is 0 Å². The monoisotopic (exact) mass is 362 g/mol. The van der Waals surface area contributed by atoms with Gasteiger partial charge in [0.15, 0.2) is 5.78 Å². The summed E-state index contributed by atoms with van der Waals surface area (Å²) in [6, 6.07) is 12.9. The molecule has 0 N–H and O–H groups in total. The fourth-order valence-electron chi connectivity index (χ4n) is 3.80. The lowest BCUT2D eigenvalue weighted by Crippen LogP contribution is -2.20. The van der Waals surface area contributed by atoms with Crippen LogP contribution in [0.1, 0.15) is 95.3 Å². The fourth-order valence-corrected chi connectivity index (χ4v) is 3.80. The minimum Gasteiger partial charge on any atom is -0.289 e. The molecular formula is C26H34O. The van der Waals surface area contributed by atoms with Crippen LogP contribution in [0.4, 0.5) is 0 Å². The summed E-state index contributed by atoms with van der Waals surface area (Å²) < 4.78 is 0. The SMILES string of the molecule is CC(C)(C)CCC(C)(C)c1ccc2c(c1)C(=O)c1cc(C(C)(C)C)ccc1-2. The van der Waals surface area contributed by atoms with Crippen LogP contribution in [0.2, 0.25) is 0 Å². The van der Waals surface area contributed by atoms with Crippen molar-refractivity contribution >= 4 is 5.78 Å². The summed E-state index contributed by atoms with van der Waals surface area (Å²) in [6.45, 7) is 18.0. The molecule has 0 atom stereocenters. The standard InChI is InChI=1S/C26H34O/c1-24(2,3)13-14-26(7,8)18-10-12-20-19-11-9-17(25(4,5)6)15-21(19)23(27)22(20)16-18/h9-12,15-16H,13-14H2,1-8H3. The van der Waals surface area contributed by atoms with E-state index in [4.69, 9.17) is 0 Å². The van der Waals surface area contributed by atoms with E-state index in [0.29, 0.717) is 5.41 Å². The Hall–Kier alpha value is -1.89. The maximum absolute atomic E-state index is 13.2. The highest BCUT2D eigenvalue weighted by atomic mass is 16.1. The average Bonchev–Trinajstić information content (AvgIpc) is 2.84. The zero-order chi connectivity index (χ0) is 20.2. The number of hydrogen-bond acceptors (Lipinski definition) is 1. The third-order valence-corrected chi connectivity index (χ3v) is 5.97. The van der Waals surface area contributed by atoms with E-state index in [1.165, 1.54) is 17.5 Å². The molecule has 1 aliphatic carbocycles. The van der Waals surface area contributed by atoms with E-state index >= 15 is 0 Å². The summed E-state index contributed by atoms with van der Waals surface area (Å²) in [4.78, 5) is 13.2. The number of hydrogen-bond donors (Lipinski definition) is 0. The molecular weight excluding hydrogens is 328 g/mol. The predicted molar refractivity (Wildman–Crippen MR) is 116 cm³/mol. The van der Waals surface area contributed by atoms with E-state index in [1.54, 1.807) is 0 Å². The van der Waals surface area contributed by atoms with Gasteiger partial charge in [-0.3, -0.25) is 4.79 Å². The van der Waals surface area contributed by atoms with Crippen molar-refractivity contribution in [3.8, 4) is 11.1 Å². The number of carbonyl (C=O) groups excluding carboxylic acids is 1. The van der Waals surface area contributed by atoms with Crippen LogP contribution >= 0.6 is 0 Å². The molecule has 27 heavy (non-hydrogen) atoms. The summed E-state index contributed by atoms with van der Waals surface area (Å²) in [5.74, 6) is 0.180. The Labute approximate surface area is 165 Å². The number of carbonyl (C=O) groups is 1. The number of benzene rings is 2. The molecule has 0 heterocycles. The highest BCUT2D eigenvalue weighted by Gasteiger charge is 2.31. The first kappa shape index (κ1) is 19.9. The van der Waals surface area contributed by atoms with Gasteiger partial charge < -0.3 is 0 Å². The highest BCUT2D eigenvalue weighted by molar-refractivity contribution is 6.21. The van der Waals surface area contributed by atoms with E-state index in [0.717, 1.165) is 28.7 Å². The molecule has 0 fully saturated rings. The molecule has 3 rings (SSSR count). The van der Waals surface area contributed by atoms with Crippen LogP contribution in [0.3, 0.4) is 0 Å². The zero-order valence-electron chi connectivity index (χ0n) is 18.3. The maximum atomic E-state index is 13.2. The first-order chi connectivity index (χ1) is 12.3. The zero-order valence-corrected chi connectivity index (χ0v) is 18.3. The van der Waals surface area contributed by atoms with Gasteiger partial charge in [0.25, 0.3) is 0 Å². The summed E-state index contributed by atoms with van der Waals surface area (Å²) in [5, 5.41) is 0. The molecule has 0 unspecified atom stereocenters. The van der Waals surface area contributed by atoms with Gasteiger partial charge in [0, 0.05) is 11.1 Å². The molecule has 0 amide bonds. The molecule has 0 spiro atoms. The van der Waals surface area contributed by atoms with Gasteiger partial charge in [-0.2, -0.15) is 0 Å². The largest absolute Gasteiger partial charge is 0.289 e. The van der Waals surface area contributed by atoms with Crippen molar-refractivity contribution in [3.05, 3.63) is 58.7 Å². The fraction of sp³-hybridized carbons (Fsp3) is 0.500. The second-order valence-corrected chi connectivity index (χ2v) is 11.0. The van der Waals surface area contributed by atoms with E-state index in [9.17, 15) is 4.79 Å². The Morgan fingerprint density at radius 3 is 1.59 bits per heavy atom. The Morgan fingerprint density at radius 2 is 1.11 bits per heavy atom. The molecule has 0 bridgehead atoms. The van der Waals surface area contributed by atoms with Crippen molar-refractivity contribution in [1.29, 1.82) is 0 Å². The lowest BCUT2D eigenvalue weighted by atomic mass is 9.75. The molecule has 1 heteroatoms. The van der Waals surface area contributed by atoms with Gasteiger partial charge in [-0.1, -0.05) is 79.7 Å². The second-order valence-electron chi connectivity index (χ2n) is 11.0. The molecule has 2 aromatic carbocycles. The van der Waals surface area contributed by atoms with E-state index < -0.39 is 0 Å². The quantitative estimate of drug-likeness (QED) is 0.478. The molecule has 0 aromatic heterocycles. The molecule has 0 saturated heterocycles. The van der Waals surface area contributed by atoms with Gasteiger partial charge in [-0.25, -0.2) is 0 Å². The van der Waals surface area contributed by atoms with Crippen LogP contribution in [0.25, 0.3) is 11.1 Å². The minimum atomic E-state index is 0.0458. The molecule has 144 valence electrons. The van der Waals surface area contributed by atoms with Crippen molar-refractivity contribution in [2.24, 2.45) is 5.41 Å². The van der Waals surface area contributed by atoms with Crippen LogP contribution in [0, 0.1) is 5.41 Å². The smallest absolute Gasteiger partial charge is 0.194 e. The summed E-state index contributed by atoms with van der Waals surface area (Å²) >= 11 is 0. The second kappa shape index (κ2) is 6.33. The van der Waals surface area contributed by atoms with Gasteiger partial charge in [0.2, 0.25) is 0 Å². The number of rotatable bonds is 3. The van der Waals surface area contributed by atoms with Gasteiger partial charge in [0.05, 0.1) is 0 Å². The van der Waals surface area contributed by atoms with Gasteiger partial charge in [0.1, 0.15) is 0 Å². The third kappa shape index (κ3) is 3.88. The number of ketones is 1. The molecule has 1 aliphatic rings. The summed E-state index contributed by atoms with van der Waals surface area (Å²) in [6.07, 6.45) is 2.28. The van der Waals surface area contributed by atoms with Crippen molar-refractivity contribution in [1.82, 2.24) is 0 Å². The van der Waals surface area contributed by atoms with Crippen molar-refractivity contribution in [2.45, 2.75) is 79.1 Å². The van der Waals surface area contributed by atoms with Crippen LogP contribution in [-0.2, 0) is 10.8 Å². The molecule has 0 aliphatic heterocycles. The van der Waals surface area contributed by atoms with Gasteiger partial charge >= 0.3 is 0 Å². The van der Waals surface area contributed by atoms with E-state index in [2.05, 4.69) is 91.8 Å². The average molecular weight is 363 g/mol. The van der Waals surface area contributed by atoms with Crippen molar-refractivity contribution in [2.75, 3.05) is 0 Å². The Kier molecular flexibility index (Phi) is 4.65. The number of fused-ring (bicyclic) bond motifs is 3. The maximum Gasteiger partial charge on any atom is 0.194 e. The summed E-state index contributed by atoms with van der Waals surface area (Å²) in [5.41, 5.74) is 6.82. The first-order valence-electron chi connectivity index (χ1n) is 10.1. The summed E-state index contributed by atoms with van der Waals surface area (Å²) in [7, 11) is 0. The van der Waals surface area contributed by atoms with E-state index in [-0.39, 0.29) is 16.6 Å². The third-order valence-electron chi connectivity index (χ3n) is 5.97. The predicted octanol–water partition coefficient (Wildman–Crippen LogP) is 7.30. The van der Waals surface area contributed by atoms with E-state index in [1.807, 2.05) is 0 Å². The van der Waals surface area contributed by atoms with Crippen molar-refractivity contribution in [3.63, 3.8) is 0 Å². The highest BCUT2D eigenvalue weighted by Crippen LogP contribution is 2.42. The topological polar surface area (TPSA) is 17.1 Å². The normalized spacial score (nSPS) is 14.3. The van der Waals surface area contributed by atoms with Crippen LogP contribution in [0.15, 0.2) is 36.4 Å². The Bertz CT molecular complexity index is 885. The molecule has 2 aromatic rings. The lowest BCUT2D eigenvalue weighted by molar-refractivity contribution is 0.104. The molecule has 0 saturated carbocycles. The molecule has 0 radical (unpaired) electrons. The minimum absolute atomic E-state index is 0.0458. The van der Waals surface area contributed by atoms with Crippen LogP contribution < -0.4 is 0 Å². The lowest BCUT2D eigenvalue weighted by Gasteiger charge is -2.30. The van der Waals surface area contributed by atoms with Crippen LogP contribution in [-0.4, -0.2) is 5.78 Å². The Morgan fingerprint density at radius 1 is 0.630 bits per heavy atom.